The van der Waals surface area contributed by atoms with Crippen molar-refractivity contribution < 1.29 is 9.47 Å². The van der Waals surface area contributed by atoms with Crippen LogP contribution in [0.25, 0.3) is 10.9 Å². The fourth-order valence-corrected chi connectivity index (χ4v) is 3.27. The fraction of sp³-hybridized carbons (Fsp3) is 0.318. The Labute approximate surface area is 188 Å². The van der Waals surface area contributed by atoms with Crippen LogP contribution in [-0.2, 0) is 6.42 Å². The first-order chi connectivity index (χ1) is 13.6. The summed E-state index contributed by atoms with van der Waals surface area (Å²) in [5.74, 6) is 1.83. The van der Waals surface area contributed by atoms with E-state index in [0.717, 1.165) is 29.1 Å². The quantitative estimate of drug-likeness (QED) is 0.231. The summed E-state index contributed by atoms with van der Waals surface area (Å²) in [4.78, 5) is 7.91. The van der Waals surface area contributed by atoms with E-state index in [0.29, 0.717) is 25.7 Å². The SMILES string of the molecule is CCOc1ccc(OCC)c(NC(N)=NCCc2c(C)[nH]c3ccccc23)c1.I. The molecule has 4 N–H and O–H groups in total. The number of nitrogens with zero attached hydrogens (tertiary/aromatic N) is 1. The summed E-state index contributed by atoms with van der Waals surface area (Å²) in [6, 6.07) is 13.9. The number of nitrogens with two attached hydrogens (primary N) is 1. The second-order valence-corrected chi connectivity index (χ2v) is 6.44. The first kappa shape index (κ1) is 22.9. The van der Waals surface area contributed by atoms with Crippen LogP contribution in [0.15, 0.2) is 47.5 Å². The molecule has 3 rings (SSSR count). The smallest absolute Gasteiger partial charge is 0.193 e. The lowest BCUT2D eigenvalue weighted by atomic mass is 10.1. The van der Waals surface area contributed by atoms with Crippen molar-refractivity contribution >= 4 is 46.5 Å². The van der Waals surface area contributed by atoms with E-state index >= 15 is 0 Å². The van der Waals surface area contributed by atoms with Crippen molar-refractivity contribution in [3.8, 4) is 11.5 Å². The summed E-state index contributed by atoms with van der Waals surface area (Å²) in [6.07, 6.45) is 0.815. The predicted molar refractivity (Wildman–Crippen MR) is 131 cm³/mol. The van der Waals surface area contributed by atoms with Crippen molar-refractivity contribution in [3.05, 3.63) is 53.7 Å². The van der Waals surface area contributed by atoms with Crippen LogP contribution >= 0.6 is 24.0 Å². The maximum Gasteiger partial charge on any atom is 0.193 e. The minimum absolute atomic E-state index is 0. The third kappa shape index (κ3) is 5.79. The van der Waals surface area contributed by atoms with Crippen molar-refractivity contribution in [3.63, 3.8) is 0 Å². The minimum Gasteiger partial charge on any atom is -0.494 e. The van der Waals surface area contributed by atoms with Gasteiger partial charge in [-0.2, -0.15) is 0 Å². The molecule has 1 heterocycles. The van der Waals surface area contributed by atoms with Crippen LogP contribution in [0.3, 0.4) is 0 Å². The molecule has 0 aliphatic rings. The van der Waals surface area contributed by atoms with Crippen LogP contribution in [0, 0.1) is 6.92 Å². The first-order valence-corrected chi connectivity index (χ1v) is 9.65. The number of aromatic nitrogens is 1. The van der Waals surface area contributed by atoms with Gasteiger partial charge in [0, 0.05) is 29.2 Å². The maximum absolute atomic E-state index is 6.12. The monoisotopic (exact) mass is 508 g/mol. The summed E-state index contributed by atoms with van der Waals surface area (Å²) in [5.41, 5.74) is 10.5. The van der Waals surface area contributed by atoms with E-state index < -0.39 is 0 Å². The van der Waals surface area contributed by atoms with E-state index in [4.69, 9.17) is 15.2 Å². The molecule has 0 saturated carbocycles. The molecule has 0 aliphatic heterocycles. The lowest BCUT2D eigenvalue weighted by Gasteiger charge is -2.14. The first-order valence-electron chi connectivity index (χ1n) is 9.65. The Morgan fingerprint density at radius 3 is 2.62 bits per heavy atom. The Hall–Kier alpha value is -2.42. The van der Waals surface area contributed by atoms with E-state index in [2.05, 4.69) is 40.4 Å². The molecular formula is C22H29IN4O2. The normalized spacial score (nSPS) is 11.2. The van der Waals surface area contributed by atoms with Gasteiger partial charge in [0.05, 0.1) is 18.9 Å². The highest BCUT2D eigenvalue weighted by atomic mass is 127. The van der Waals surface area contributed by atoms with E-state index in [9.17, 15) is 0 Å². The highest BCUT2D eigenvalue weighted by Gasteiger charge is 2.09. The highest BCUT2D eigenvalue weighted by molar-refractivity contribution is 14.0. The van der Waals surface area contributed by atoms with Gasteiger partial charge >= 0.3 is 0 Å². The largest absolute Gasteiger partial charge is 0.494 e. The molecule has 3 aromatic rings. The van der Waals surface area contributed by atoms with Crippen LogP contribution in [-0.4, -0.2) is 30.7 Å². The van der Waals surface area contributed by atoms with Crippen molar-refractivity contribution in [1.29, 1.82) is 0 Å². The zero-order chi connectivity index (χ0) is 19.9. The van der Waals surface area contributed by atoms with Crippen molar-refractivity contribution in [2.45, 2.75) is 27.2 Å². The number of aromatic amines is 1. The number of para-hydroxylation sites is 1. The average Bonchev–Trinajstić information content (AvgIpc) is 3.00. The van der Waals surface area contributed by atoms with Crippen molar-refractivity contribution in [2.75, 3.05) is 25.1 Å². The Balaban J connectivity index is 0.00000300. The summed E-state index contributed by atoms with van der Waals surface area (Å²) < 4.78 is 11.2. The lowest BCUT2D eigenvalue weighted by Crippen LogP contribution is -2.23. The Kier molecular flexibility index (Phi) is 8.63. The van der Waals surface area contributed by atoms with Gasteiger partial charge in [0.1, 0.15) is 11.5 Å². The second-order valence-electron chi connectivity index (χ2n) is 6.44. The number of aliphatic imine (C=N–C) groups is 1. The van der Waals surface area contributed by atoms with Gasteiger partial charge in [-0.3, -0.25) is 4.99 Å². The molecule has 0 saturated heterocycles. The van der Waals surface area contributed by atoms with Crippen LogP contribution in [0.2, 0.25) is 0 Å². The molecule has 0 spiro atoms. The molecule has 0 bridgehead atoms. The number of hydrogen-bond donors (Lipinski definition) is 3. The van der Waals surface area contributed by atoms with Crippen molar-refractivity contribution in [1.82, 2.24) is 4.98 Å². The minimum atomic E-state index is 0. The number of halogens is 1. The zero-order valence-corrected chi connectivity index (χ0v) is 19.4. The van der Waals surface area contributed by atoms with E-state index in [1.165, 1.54) is 16.6 Å². The number of hydrogen-bond acceptors (Lipinski definition) is 3. The van der Waals surface area contributed by atoms with E-state index in [1.807, 2.05) is 38.1 Å². The molecule has 1 aromatic heterocycles. The molecule has 7 heteroatoms. The number of guanidine groups is 1. The molecule has 0 atom stereocenters. The number of fused-ring (bicyclic) bond motifs is 1. The molecule has 0 aliphatic carbocycles. The molecule has 0 amide bonds. The van der Waals surface area contributed by atoms with Crippen LogP contribution in [0.1, 0.15) is 25.1 Å². The number of nitrogens with one attached hydrogen (secondary N) is 2. The molecule has 0 unspecified atom stereocenters. The van der Waals surface area contributed by atoms with Gasteiger partial charge < -0.3 is 25.5 Å². The lowest BCUT2D eigenvalue weighted by molar-refractivity contribution is 0.332. The molecule has 156 valence electrons. The molecule has 2 aromatic carbocycles. The summed E-state index contributed by atoms with van der Waals surface area (Å²) >= 11 is 0. The van der Waals surface area contributed by atoms with Crippen molar-refractivity contribution in [2.24, 2.45) is 10.7 Å². The second kappa shape index (κ2) is 10.9. The number of rotatable bonds is 8. The van der Waals surface area contributed by atoms with Gasteiger partial charge in [-0.25, -0.2) is 0 Å². The van der Waals surface area contributed by atoms with Crippen LogP contribution < -0.4 is 20.5 Å². The van der Waals surface area contributed by atoms with Crippen LogP contribution in [0.4, 0.5) is 5.69 Å². The number of H-pyrrole nitrogens is 1. The maximum atomic E-state index is 6.12. The van der Waals surface area contributed by atoms with E-state index in [1.54, 1.807) is 0 Å². The zero-order valence-electron chi connectivity index (χ0n) is 17.1. The third-order valence-electron chi connectivity index (χ3n) is 4.50. The van der Waals surface area contributed by atoms with Gasteiger partial charge in [0.15, 0.2) is 5.96 Å². The highest BCUT2D eigenvalue weighted by Crippen LogP contribution is 2.29. The number of anilines is 1. The molecular weight excluding hydrogens is 479 g/mol. The number of benzene rings is 2. The van der Waals surface area contributed by atoms with Gasteiger partial charge in [-0.1, -0.05) is 18.2 Å². The third-order valence-corrected chi connectivity index (χ3v) is 4.50. The predicted octanol–water partition coefficient (Wildman–Crippen LogP) is 4.86. The molecule has 0 fully saturated rings. The fourth-order valence-electron chi connectivity index (χ4n) is 3.27. The number of aryl methyl sites for hydroxylation is 1. The summed E-state index contributed by atoms with van der Waals surface area (Å²) in [5, 5.41) is 4.38. The Morgan fingerprint density at radius 1 is 1.10 bits per heavy atom. The summed E-state index contributed by atoms with van der Waals surface area (Å²) in [6.45, 7) is 7.75. The van der Waals surface area contributed by atoms with Gasteiger partial charge in [-0.05, 0) is 51.0 Å². The average molecular weight is 508 g/mol. The van der Waals surface area contributed by atoms with E-state index in [-0.39, 0.29) is 24.0 Å². The molecule has 6 nitrogen and oxygen atoms in total. The Bertz CT molecular complexity index is 969. The topological polar surface area (TPSA) is 84.7 Å². The van der Waals surface area contributed by atoms with Gasteiger partial charge in [0.25, 0.3) is 0 Å². The van der Waals surface area contributed by atoms with Gasteiger partial charge in [0.2, 0.25) is 0 Å². The molecule has 0 radical (unpaired) electrons. The van der Waals surface area contributed by atoms with Crippen LogP contribution in [0.5, 0.6) is 11.5 Å². The number of ether oxygens (including phenoxy) is 2. The standard InChI is InChI=1S/C22H28N4O2.HI/c1-4-27-16-10-11-21(28-5-2)20(14-16)26-22(23)24-13-12-17-15(3)25-19-9-7-6-8-18(17)19;/h6-11,14,25H,4-5,12-13H2,1-3H3,(H3,23,24,26);1H. The molecule has 29 heavy (non-hydrogen) atoms. The summed E-state index contributed by atoms with van der Waals surface area (Å²) in [7, 11) is 0. The Morgan fingerprint density at radius 2 is 1.86 bits per heavy atom. The van der Waals surface area contributed by atoms with Gasteiger partial charge in [-0.15, -0.1) is 24.0 Å².